The summed E-state index contributed by atoms with van der Waals surface area (Å²) >= 11 is 0. The van der Waals surface area contributed by atoms with Gasteiger partial charge in [0.2, 0.25) is 0 Å². The highest BCUT2D eigenvalue weighted by molar-refractivity contribution is 5.71. The fourth-order valence-corrected chi connectivity index (χ4v) is 8.92. The number of allylic oxidation sites excluding steroid dienone is 16. The molecule has 0 aliphatic rings. The lowest BCUT2D eigenvalue weighted by molar-refractivity contribution is -0.166. The molecule has 0 N–H and O–H groups in total. The van der Waals surface area contributed by atoms with Gasteiger partial charge >= 0.3 is 17.9 Å². The van der Waals surface area contributed by atoms with Gasteiger partial charge in [-0.05, 0) is 83.5 Å². The van der Waals surface area contributed by atoms with Crippen molar-refractivity contribution in [1.29, 1.82) is 0 Å². The Labute approximate surface area is 464 Å². The topological polar surface area (TPSA) is 78.9 Å². The molecule has 0 rings (SSSR count). The number of hydrogen-bond acceptors (Lipinski definition) is 6. The van der Waals surface area contributed by atoms with Gasteiger partial charge in [-0.3, -0.25) is 14.4 Å². The van der Waals surface area contributed by atoms with Gasteiger partial charge < -0.3 is 14.2 Å². The quantitative estimate of drug-likeness (QED) is 0.0261. The van der Waals surface area contributed by atoms with Crippen LogP contribution in [0.5, 0.6) is 0 Å². The van der Waals surface area contributed by atoms with E-state index in [1.807, 2.05) is 6.08 Å². The molecule has 1 unspecified atom stereocenters. The van der Waals surface area contributed by atoms with E-state index in [1.165, 1.54) is 161 Å². The molecule has 0 heterocycles. The zero-order chi connectivity index (χ0) is 54.3. The zero-order valence-electron chi connectivity index (χ0n) is 49.3. The molecule has 0 fully saturated rings. The molecular formula is C69H118O6. The Hall–Kier alpha value is -3.67. The van der Waals surface area contributed by atoms with E-state index in [2.05, 4.69) is 112 Å². The molecular weight excluding hydrogens is 925 g/mol. The van der Waals surface area contributed by atoms with Gasteiger partial charge in [0.05, 0.1) is 0 Å². The number of hydrogen-bond donors (Lipinski definition) is 0. The first kappa shape index (κ1) is 71.3. The third-order valence-corrected chi connectivity index (χ3v) is 13.6. The first-order valence-corrected chi connectivity index (χ1v) is 31.7. The van der Waals surface area contributed by atoms with Crippen molar-refractivity contribution < 1.29 is 28.6 Å². The Morgan fingerprint density at radius 3 is 0.893 bits per heavy atom. The maximum absolute atomic E-state index is 12.9. The van der Waals surface area contributed by atoms with Crippen LogP contribution >= 0.6 is 0 Å². The van der Waals surface area contributed by atoms with Crippen LogP contribution in [0.3, 0.4) is 0 Å². The van der Waals surface area contributed by atoms with Crippen LogP contribution in [-0.2, 0) is 28.6 Å². The van der Waals surface area contributed by atoms with E-state index in [0.29, 0.717) is 19.3 Å². The van der Waals surface area contributed by atoms with Crippen molar-refractivity contribution in [1.82, 2.24) is 0 Å². The van der Waals surface area contributed by atoms with E-state index >= 15 is 0 Å². The largest absolute Gasteiger partial charge is 0.462 e. The summed E-state index contributed by atoms with van der Waals surface area (Å²) in [7, 11) is 0. The summed E-state index contributed by atoms with van der Waals surface area (Å²) in [5, 5.41) is 0. The minimum absolute atomic E-state index is 0.101. The molecule has 75 heavy (non-hydrogen) atoms. The first-order chi connectivity index (χ1) is 37.0. The molecule has 0 bridgehead atoms. The van der Waals surface area contributed by atoms with Crippen LogP contribution in [0.4, 0.5) is 0 Å². The van der Waals surface area contributed by atoms with Gasteiger partial charge in [-0.25, -0.2) is 0 Å². The summed E-state index contributed by atoms with van der Waals surface area (Å²) in [6.07, 6.45) is 84.4. The highest BCUT2D eigenvalue weighted by Crippen LogP contribution is 2.17. The lowest BCUT2D eigenvalue weighted by Crippen LogP contribution is -2.30. The van der Waals surface area contributed by atoms with E-state index in [4.69, 9.17) is 14.2 Å². The number of carbonyl (C=O) groups excluding carboxylic acids is 3. The maximum Gasteiger partial charge on any atom is 0.306 e. The molecule has 0 aromatic carbocycles. The van der Waals surface area contributed by atoms with Crippen LogP contribution in [0.2, 0.25) is 0 Å². The number of unbranched alkanes of at least 4 members (excludes halogenated alkanes) is 30. The second-order valence-electron chi connectivity index (χ2n) is 20.9. The van der Waals surface area contributed by atoms with Crippen LogP contribution in [0.15, 0.2) is 97.2 Å². The Morgan fingerprint density at radius 1 is 0.280 bits per heavy atom. The smallest absolute Gasteiger partial charge is 0.306 e. The Bertz CT molecular complexity index is 1480. The normalized spacial score (nSPS) is 12.7. The van der Waals surface area contributed by atoms with Crippen molar-refractivity contribution in [2.45, 2.75) is 309 Å². The monoisotopic (exact) mass is 1040 g/mol. The van der Waals surface area contributed by atoms with Gasteiger partial charge in [0, 0.05) is 19.3 Å². The van der Waals surface area contributed by atoms with Gasteiger partial charge in [-0.1, -0.05) is 298 Å². The zero-order valence-corrected chi connectivity index (χ0v) is 49.3. The average Bonchev–Trinajstić information content (AvgIpc) is 3.41. The third kappa shape index (κ3) is 61.1. The van der Waals surface area contributed by atoms with E-state index in [-0.39, 0.29) is 37.5 Å². The highest BCUT2D eigenvalue weighted by Gasteiger charge is 2.19. The summed E-state index contributed by atoms with van der Waals surface area (Å²) in [4.78, 5) is 38.2. The lowest BCUT2D eigenvalue weighted by Gasteiger charge is -2.18. The van der Waals surface area contributed by atoms with Gasteiger partial charge in [0.1, 0.15) is 13.2 Å². The lowest BCUT2D eigenvalue weighted by atomic mass is 10.0. The Balaban J connectivity index is 4.36. The molecule has 0 aliphatic heterocycles. The molecule has 0 aliphatic carbocycles. The number of ether oxygens (including phenoxy) is 3. The Kier molecular flexibility index (Phi) is 59.8. The minimum Gasteiger partial charge on any atom is -0.462 e. The fraction of sp³-hybridized carbons (Fsp3) is 0.725. The van der Waals surface area contributed by atoms with Crippen LogP contribution in [-0.4, -0.2) is 37.2 Å². The highest BCUT2D eigenvalue weighted by atomic mass is 16.6. The van der Waals surface area contributed by atoms with Crippen molar-refractivity contribution in [2.75, 3.05) is 13.2 Å². The second kappa shape index (κ2) is 62.9. The summed E-state index contributed by atoms with van der Waals surface area (Å²) in [6, 6.07) is 0. The summed E-state index contributed by atoms with van der Waals surface area (Å²) < 4.78 is 16.8. The van der Waals surface area contributed by atoms with Crippen molar-refractivity contribution in [3.63, 3.8) is 0 Å². The number of rotatable bonds is 57. The summed E-state index contributed by atoms with van der Waals surface area (Å²) in [6.45, 7) is 6.37. The molecule has 0 amide bonds. The van der Waals surface area contributed by atoms with Crippen molar-refractivity contribution in [3.8, 4) is 0 Å². The van der Waals surface area contributed by atoms with Gasteiger partial charge in [-0.15, -0.1) is 0 Å². The summed E-state index contributed by atoms with van der Waals surface area (Å²) in [5.41, 5.74) is 0. The molecule has 0 radical (unpaired) electrons. The standard InChI is InChI=1S/C69H118O6/c1-4-7-10-13-16-19-22-25-27-29-31-33-34-36-37-39-41-44-47-50-53-56-59-62-68(71)74-65-66(64-73-67(70)61-58-55-52-49-46-43-24-21-18-15-12-9-6-3)75-69(72)63-60-57-54-51-48-45-42-40-38-35-32-30-28-26-23-20-17-14-11-8-5-2/h8-9,11-12,17-18,20-21,26,28,32,35,43,46,52,55,66H,4-7,10,13-16,19,22-25,27,29-31,33-34,36-42,44-45,47-51,53-54,56-65H2,1-3H3/b11-8-,12-9-,20-17-,21-18-,28-26-,35-32-,46-43-,55-52-. The maximum atomic E-state index is 12.9. The third-order valence-electron chi connectivity index (χ3n) is 13.6. The van der Waals surface area contributed by atoms with Gasteiger partial charge in [0.15, 0.2) is 6.10 Å². The SMILES string of the molecule is CC/C=C\C/C=C\C/C=C\C/C=C\CCCCCCCCCCC(=O)OC(COC(=O)CC/C=C\C/C=C\C/C=C\C/C=C\CC)COC(=O)CCCCCCCCCCCCCCCCCCCCCCCCC. The predicted molar refractivity (Wildman–Crippen MR) is 325 cm³/mol. The van der Waals surface area contributed by atoms with E-state index < -0.39 is 6.10 Å². The van der Waals surface area contributed by atoms with Gasteiger partial charge in [0.25, 0.3) is 0 Å². The van der Waals surface area contributed by atoms with Crippen molar-refractivity contribution in [3.05, 3.63) is 97.2 Å². The Morgan fingerprint density at radius 2 is 0.547 bits per heavy atom. The number of carbonyl (C=O) groups is 3. The predicted octanol–water partition coefficient (Wildman–Crippen LogP) is 21.7. The summed E-state index contributed by atoms with van der Waals surface area (Å²) in [5.74, 6) is -0.984. The molecule has 0 aromatic heterocycles. The molecule has 1 atom stereocenters. The molecule has 6 heteroatoms. The van der Waals surface area contributed by atoms with Crippen LogP contribution in [0, 0.1) is 0 Å². The van der Waals surface area contributed by atoms with Crippen LogP contribution in [0.25, 0.3) is 0 Å². The molecule has 0 saturated carbocycles. The van der Waals surface area contributed by atoms with Gasteiger partial charge in [-0.2, -0.15) is 0 Å². The molecule has 6 nitrogen and oxygen atoms in total. The van der Waals surface area contributed by atoms with Crippen molar-refractivity contribution in [2.24, 2.45) is 0 Å². The average molecular weight is 1040 g/mol. The minimum atomic E-state index is -0.811. The number of esters is 3. The van der Waals surface area contributed by atoms with Crippen LogP contribution < -0.4 is 0 Å². The molecule has 0 aromatic rings. The molecule has 430 valence electrons. The van der Waals surface area contributed by atoms with E-state index in [1.54, 1.807) is 0 Å². The molecule has 0 spiro atoms. The fourth-order valence-electron chi connectivity index (χ4n) is 8.92. The first-order valence-electron chi connectivity index (χ1n) is 31.7. The van der Waals surface area contributed by atoms with E-state index in [0.717, 1.165) is 96.3 Å². The van der Waals surface area contributed by atoms with Crippen molar-refractivity contribution >= 4 is 17.9 Å². The van der Waals surface area contributed by atoms with E-state index in [9.17, 15) is 14.4 Å². The second-order valence-corrected chi connectivity index (χ2v) is 20.9. The molecule has 0 saturated heterocycles. The van der Waals surface area contributed by atoms with Crippen LogP contribution in [0.1, 0.15) is 303 Å².